The van der Waals surface area contributed by atoms with E-state index in [1.165, 1.54) is 0 Å². The Balaban J connectivity index is 0.000000347. The van der Waals surface area contributed by atoms with Gasteiger partial charge in [0.25, 0.3) is 0 Å². The standard InChI is InChI=1S/2C11H22N2.2C11H21N2/c4*1-10(2,3)12-7-8-13(9-12)11(4,5)6/h2*7-8H,9H2,1-6H3;2*7-9H,1-6H3/q;;2*+1. The van der Waals surface area contributed by atoms with E-state index in [1.54, 1.807) is 0 Å². The molecule has 4 rings (SSSR count). The fourth-order valence-electron chi connectivity index (χ4n) is 4.88. The summed E-state index contributed by atoms with van der Waals surface area (Å²) >= 11 is 0. The van der Waals surface area contributed by atoms with Gasteiger partial charge < -0.3 is 19.6 Å². The van der Waals surface area contributed by atoms with Crippen molar-refractivity contribution in [1.82, 2.24) is 28.7 Å². The Bertz CT molecular complexity index is 1200. The molecule has 0 fully saturated rings. The highest BCUT2D eigenvalue weighted by Crippen LogP contribution is 2.26. The summed E-state index contributed by atoms with van der Waals surface area (Å²) in [4.78, 5) is 9.44. The topological polar surface area (TPSA) is 30.6 Å². The highest BCUT2D eigenvalue weighted by Gasteiger charge is 2.30. The summed E-state index contributed by atoms with van der Waals surface area (Å²) in [6, 6.07) is 0. The maximum Gasteiger partial charge on any atom is 0.244 e. The first-order chi connectivity index (χ1) is 22.8. The van der Waals surface area contributed by atoms with Crippen LogP contribution in [-0.4, -0.2) is 64.2 Å². The number of hydrogen-bond donors (Lipinski definition) is 0. The lowest BCUT2D eigenvalue weighted by molar-refractivity contribution is -0.754. The zero-order valence-corrected chi connectivity index (χ0v) is 38.8. The average Bonchev–Trinajstić information content (AvgIpc) is 3.72. The number of aromatic nitrogens is 4. The highest BCUT2D eigenvalue weighted by atomic mass is 15.4. The van der Waals surface area contributed by atoms with E-state index in [0.717, 1.165) is 13.3 Å². The second-order valence-corrected chi connectivity index (χ2v) is 22.6. The third-order valence-electron chi connectivity index (χ3n) is 9.28. The Morgan fingerprint density at radius 1 is 0.327 bits per heavy atom. The molecule has 0 spiro atoms. The molecular formula is C44H86N8+2. The minimum atomic E-state index is 0.177. The van der Waals surface area contributed by atoms with Gasteiger partial charge in [-0.3, -0.25) is 0 Å². The minimum Gasteiger partial charge on any atom is -0.354 e. The van der Waals surface area contributed by atoms with Gasteiger partial charge in [-0.2, -0.15) is 0 Å². The number of hydrogen-bond acceptors (Lipinski definition) is 4. The molecule has 0 amide bonds. The average molecular weight is 727 g/mol. The van der Waals surface area contributed by atoms with Crippen LogP contribution in [0, 0.1) is 0 Å². The zero-order chi connectivity index (χ0) is 41.1. The molecule has 0 aromatic carbocycles. The van der Waals surface area contributed by atoms with E-state index in [1.807, 2.05) is 0 Å². The molecule has 8 nitrogen and oxygen atoms in total. The molecule has 0 radical (unpaired) electrons. The van der Waals surface area contributed by atoms with Crippen molar-refractivity contribution in [3.05, 3.63) is 62.2 Å². The van der Waals surface area contributed by atoms with Gasteiger partial charge >= 0.3 is 0 Å². The largest absolute Gasteiger partial charge is 0.354 e. The zero-order valence-electron chi connectivity index (χ0n) is 38.8. The van der Waals surface area contributed by atoms with Crippen LogP contribution in [0.1, 0.15) is 166 Å². The van der Waals surface area contributed by atoms with E-state index in [2.05, 4.69) is 266 Å². The van der Waals surface area contributed by atoms with Gasteiger partial charge in [0.2, 0.25) is 12.7 Å². The Morgan fingerprint density at radius 3 is 0.635 bits per heavy atom. The molecule has 0 unspecified atom stereocenters. The first kappa shape index (κ1) is 47.1. The molecule has 52 heavy (non-hydrogen) atoms. The number of nitrogens with zero attached hydrogens (tertiary/aromatic N) is 8. The van der Waals surface area contributed by atoms with Crippen molar-refractivity contribution in [2.24, 2.45) is 0 Å². The molecule has 300 valence electrons. The summed E-state index contributed by atoms with van der Waals surface area (Å²) < 4.78 is 8.94. The number of rotatable bonds is 0. The summed E-state index contributed by atoms with van der Waals surface area (Å²) in [5, 5.41) is 0. The van der Waals surface area contributed by atoms with Crippen molar-refractivity contribution in [1.29, 1.82) is 0 Å². The SMILES string of the molecule is CC(C)(C)N1C=CN(C(C)(C)C)C1.CC(C)(C)N1C=CN(C(C)(C)C)C1.CC(C)(C)n1cc[n+](C(C)(C)C)c1.CC(C)(C)n1cc[n+](C(C)(C)C)c1. The first-order valence-corrected chi connectivity index (χ1v) is 19.5. The van der Waals surface area contributed by atoms with E-state index < -0.39 is 0 Å². The molecule has 2 aromatic rings. The first-order valence-electron chi connectivity index (χ1n) is 19.5. The van der Waals surface area contributed by atoms with Gasteiger partial charge in [-0.25, -0.2) is 18.3 Å². The molecular weight excluding hydrogens is 641 g/mol. The molecule has 8 heteroatoms. The van der Waals surface area contributed by atoms with Crippen LogP contribution in [0.15, 0.2) is 62.2 Å². The molecule has 2 aliphatic rings. The molecule has 2 aromatic heterocycles. The normalized spacial score (nSPS) is 16.0. The van der Waals surface area contributed by atoms with Crippen LogP contribution in [0.3, 0.4) is 0 Å². The fourth-order valence-corrected chi connectivity index (χ4v) is 4.88. The van der Waals surface area contributed by atoms with Gasteiger partial charge in [-0.1, -0.05) is 0 Å². The van der Waals surface area contributed by atoms with Gasteiger partial charge in [0.1, 0.15) is 46.9 Å². The van der Waals surface area contributed by atoms with Crippen molar-refractivity contribution in [2.45, 2.75) is 210 Å². The Morgan fingerprint density at radius 2 is 0.538 bits per heavy atom. The summed E-state index contributed by atoms with van der Waals surface area (Å²) in [6.45, 7) is 55.4. The van der Waals surface area contributed by atoms with Gasteiger partial charge in [0.05, 0.1) is 13.3 Å². The Hall–Kier alpha value is -2.90. The fraction of sp³-hybridized carbons (Fsp3) is 0.773. The molecule has 0 aliphatic carbocycles. The lowest BCUT2D eigenvalue weighted by atomic mass is 10.1. The second kappa shape index (κ2) is 16.2. The highest BCUT2D eigenvalue weighted by molar-refractivity contribution is 5.01. The monoisotopic (exact) mass is 727 g/mol. The number of imidazole rings is 2. The quantitative estimate of drug-likeness (QED) is 0.253. The van der Waals surface area contributed by atoms with Crippen LogP contribution in [0.25, 0.3) is 0 Å². The third-order valence-corrected chi connectivity index (χ3v) is 9.28. The van der Waals surface area contributed by atoms with Crippen molar-refractivity contribution in [2.75, 3.05) is 13.3 Å². The van der Waals surface area contributed by atoms with E-state index in [-0.39, 0.29) is 44.3 Å². The van der Waals surface area contributed by atoms with Crippen molar-refractivity contribution in [3.8, 4) is 0 Å². The summed E-state index contributed by atoms with van der Waals surface area (Å²) in [5.74, 6) is 0. The van der Waals surface area contributed by atoms with Crippen LogP contribution in [-0.2, 0) is 22.2 Å². The summed E-state index contributed by atoms with van der Waals surface area (Å²) in [6.07, 6.45) is 21.6. The Labute approximate surface area is 323 Å². The molecule has 0 N–H and O–H groups in total. The maximum atomic E-state index is 2.36. The molecule has 4 heterocycles. The third kappa shape index (κ3) is 15.2. The molecule has 0 saturated heterocycles. The molecule has 0 atom stereocenters. The summed E-state index contributed by atoms with van der Waals surface area (Å²) in [5.41, 5.74) is 1.64. The van der Waals surface area contributed by atoms with Crippen molar-refractivity contribution >= 4 is 0 Å². The maximum absolute atomic E-state index is 2.36. The van der Waals surface area contributed by atoms with Crippen LogP contribution in [0.4, 0.5) is 0 Å². The minimum absolute atomic E-state index is 0.177. The molecule has 2 aliphatic heterocycles. The predicted octanol–water partition coefficient (Wildman–Crippen LogP) is 9.83. The van der Waals surface area contributed by atoms with Crippen LogP contribution in [0.2, 0.25) is 0 Å². The smallest absolute Gasteiger partial charge is 0.244 e. The van der Waals surface area contributed by atoms with Crippen LogP contribution >= 0.6 is 0 Å². The van der Waals surface area contributed by atoms with Crippen LogP contribution < -0.4 is 9.13 Å². The second-order valence-electron chi connectivity index (χ2n) is 22.6. The predicted molar refractivity (Wildman–Crippen MR) is 224 cm³/mol. The van der Waals surface area contributed by atoms with E-state index in [0.29, 0.717) is 0 Å². The van der Waals surface area contributed by atoms with Gasteiger partial charge in [-0.05, 0) is 166 Å². The summed E-state index contributed by atoms with van der Waals surface area (Å²) in [7, 11) is 0. The van der Waals surface area contributed by atoms with E-state index >= 15 is 0 Å². The Kier molecular flexibility index (Phi) is 14.7. The van der Waals surface area contributed by atoms with Gasteiger partial charge in [0, 0.05) is 47.0 Å². The molecule has 0 bridgehead atoms. The lowest BCUT2D eigenvalue weighted by Gasteiger charge is -2.38. The molecule has 0 saturated carbocycles. The van der Waals surface area contributed by atoms with E-state index in [9.17, 15) is 0 Å². The van der Waals surface area contributed by atoms with E-state index in [4.69, 9.17) is 0 Å². The lowest BCUT2D eigenvalue weighted by Crippen LogP contribution is -2.48. The van der Waals surface area contributed by atoms with Crippen molar-refractivity contribution < 1.29 is 9.13 Å². The van der Waals surface area contributed by atoms with Gasteiger partial charge in [-0.15, -0.1) is 0 Å². The van der Waals surface area contributed by atoms with Crippen LogP contribution in [0.5, 0.6) is 0 Å². The van der Waals surface area contributed by atoms with Gasteiger partial charge in [0.15, 0.2) is 0 Å². The van der Waals surface area contributed by atoms with Crippen molar-refractivity contribution in [3.63, 3.8) is 0 Å².